The van der Waals surface area contributed by atoms with Gasteiger partial charge in [-0.05, 0) is 18.8 Å². The van der Waals surface area contributed by atoms with Crippen molar-refractivity contribution in [2.45, 2.75) is 52.3 Å². The van der Waals surface area contributed by atoms with Crippen molar-refractivity contribution < 1.29 is 9.84 Å². The first-order valence-electron chi connectivity index (χ1n) is 6.56. The molecule has 0 amide bonds. The third-order valence-electron chi connectivity index (χ3n) is 3.68. The van der Waals surface area contributed by atoms with Gasteiger partial charge in [-0.15, -0.1) is 0 Å². The molecule has 0 spiro atoms. The van der Waals surface area contributed by atoms with Crippen LogP contribution in [-0.4, -0.2) is 54.5 Å². The van der Waals surface area contributed by atoms with Crippen molar-refractivity contribution in [1.29, 1.82) is 0 Å². The van der Waals surface area contributed by atoms with E-state index in [1.807, 2.05) is 0 Å². The molecule has 0 bridgehead atoms. The molecule has 1 aliphatic rings. The van der Waals surface area contributed by atoms with E-state index in [0.29, 0.717) is 12.6 Å². The third-order valence-corrected chi connectivity index (χ3v) is 3.68. The van der Waals surface area contributed by atoms with Gasteiger partial charge in [0.25, 0.3) is 0 Å². The number of hydrogen-bond acceptors (Lipinski definition) is 4. The molecule has 4 heteroatoms. The number of nitrogens with zero attached hydrogens (tertiary/aromatic N) is 1. The van der Waals surface area contributed by atoms with Crippen LogP contribution in [0.3, 0.4) is 0 Å². The van der Waals surface area contributed by atoms with Crippen molar-refractivity contribution in [3.05, 3.63) is 0 Å². The first kappa shape index (κ1) is 14.9. The first-order valence-corrected chi connectivity index (χ1v) is 6.56. The van der Waals surface area contributed by atoms with Crippen LogP contribution in [0, 0.1) is 5.41 Å². The number of aliphatic hydroxyl groups excluding tert-OH is 1. The smallest absolute Gasteiger partial charge is 0.0933 e. The molecule has 0 aromatic heterocycles. The maximum absolute atomic E-state index is 9.13. The summed E-state index contributed by atoms with van der Waals surface area (Å²) in [6, 6.07) is 0.634. The molecule has 3 atom stereocenters. The molecule has 1 fully saturated rings. The van der Waals surface area contributed by atoms with E-state index in [4.69, 9.17) is 15.6 Å². The van der Waals surface area contributed by atoms with E-state index in [9.17, 15) is 0 Å². The summed E-state index contributed by atoms with van der Waals surface area (Å²) < 4.78 is 5.52. The summed E-state index contributed by atoms with van der Waals surface area (Å²) in [7, 11) is 0. The zero-order chi connectivity index (χ0) is 13.1. The number of rotatable bonds is 4. The van der Waals surface area contributed by atoms with Crippen molar-refractivity contribution >= 4 is 0 Å². The second-order valence-corrected chi connectivity index (χ2v) is 6.24. The van der Waals surface area contributed by atoms with Crippen LogP contribution in [0.15, 0.2) is 0 Å². The van der Waals surface area contributed by atoms with E-state index >= 15 is 0 Å². The number of morpholine rings is 1. The van der Waals surface area contributed by atoms with Crippen molar-refractivity contribution in [2.75, 3.05) is 26.3 Å². The molecule has 0 radical (unpaired) electrons. The predicted octanol–water partition coefficient (Wildman–Crippen LogP) is 0.832. The van der Waals surface area contributed by atoms with E-state index in [1.54, 1.807) is 0 Å². The van der Waals surface area contributed by atoms with Gasteiger partial charge in [0, 0.05) is 25.2 Å². The van der Waals surface area contributed by atoms with Crippen LogP contribution in [0.4, 0.5) is 0 Å². The standard InChI is InChI=1S/C13H28N2O2/c1-10-9-17-11(8-16)7-15(10)6-5-12(14)13(2,3)4/h10-12,16H,5-9,14H2,1-4H3. The van der Waals surface area contributed by atoms with Gasteiger partial charge in [-0.2, -0.15) is 0 Å². The second kappa shape index (κ2) is 6.14. The number of aliphatic hydroxyl groups is 1. The van der Waals surface area contributed by atoms with Crippen LogP contribution in [0.1, 0.15) is 34.1 Å². The summed E-state index contributed by atoms with van der Waals surface area (Å²) in [5.74, 6) is 0. The maximum Gasteiger partial charge on any atom is 0.0933 e. The summed E-state index contributed by atoms with van der Waals surface area (Å²) in [6.45, 7) is 11.3. The van der Waals surface area contributed by atoms with Crippen molar-refractivity contribution in [1.82, 2.24) is 4.90 Å². The Bertz CT molecular complexity index is 228. The van der Waals surface area contributed by atoms with E-state index in [1.165, 1.54) is 0 Å². The van der Waals surface area contributed by atoms with E-state index < -0.39 is 0 Å². The largest absolute Gasteiger partial charge is 0.394 e. The van der Waals surface area contributed by atoms with Gasteiger partial charge in [0.05, 0.1) is 19.3 Å². The molecule has 0 aliphatic carbocycles. The van der Waals surface area contributed by atoms with Crippen LogP contribution in [0.25, 0.3) is 0 Å². The van der Waals surface area contributed by atoms with Gasteiger partial charge < -0.3 is 15.6 Å². The average molecular weight is 244 g/mol. The van der Waals surface area contributed by atoms with Crippen LogP contribution >= 0.6 is 0 Å². The summed E-state index contributed by atoms with van der Waals surface area (Å²) in [5.41, 5.74) is 6.33. The molecule has 0 aromatic rings. The number of nitrogens with two attached hydrogens (primary N) is 1. The number of hydrogen-bond donors (Lipinski definition) is 2. The Balaban J connectivity index is 2.39. The zero-order valence-electron chi connectivity index (χ0n) is 11.6. The monoisotopic (exact) mass is 244 g/mol. The lowest BCUT2D eigenvalue weighted by molar-refractivity contribution is -0.0787. The van der Waals surface area contributed by atoms with Crippen LogP contribution in [-0.2, 0) is 4.74 Å². The molecule has 3 N–H and O–H groups in total. The fourth-order valence-electron chi connectivity index (χ4n) is 2.03. The van der Waals surface area contributed by atoms with Gasteiger partial charge >= 0.3 is 0 Å². The van der Waals surface area contributed by atoms with Gasteiger partial charge in [-0.1, -0.05) is 20.8 Å². The Morgan fingerprint density at radius 2 is 2.12 bits per heavy atom. The lowest BCUT2D eigenvalue weighted by Crippen LogP contribution is -2.51. The fourth-order valence-corrected chi connectivity index (χ4v) is 2.03. The van der Waals surface area contributed by atoms with Crippen molar-refractivity contribution in [3.8, 4) is 0 Å². The molecule has 1 rings (SSSR count). The lowest BCUT2D eigenvalue weighted by atomic mass is 9.85. The Hall–Kier alpha value is -0.160. The fraction of sp³-hybridized carbons (Fsp3) is 1.00. The van der Waals surface area contributed by atoms with E-state index in [0.717, 1.165) is 19.5 Å². The minimum Gasteiger partial charge on any atom is -0.394 e. The molecule has 3 unspecified atom stereocenters. The zero-order valence-corrected chi connectivity index (χ0v) is 11.6. The molecule has 1 heterocycles. The summed E-state index contributed by atoms with van der Waals surface area (Å²) in [6.07, 6.45) is 0.962. The number of ether oxygens (including phenoxy) is 1. The summed E-state index contributed by atoms with van der Waals surface area (Å²) in [5, 5.41) is 9.13. The topological polar surface area (TPSA) is 58.7 Å². The summed E-state index contributed by atoms with van der Waals surface area (Å²) >= 11 is 0. The highest BCUT2D eigenvalue weighted by atomic mass is 16.5. The Labute approximate surface area is 105 Å². The minimum absolute atomic E-state index is 0.0305. The SMILES string of the molecule is CC1COC(CO)CN1CCC(N)C(C)(C)C. The average Bonchev–Trinajstić information content (AvgIpc) is 2.26. The van der Waals surface area contributed by atoms with Crippen LogP contribution < -0.4 is 5.73 Å². The Kier molecular flexibility index (Phi) is 5.38. The highest BCUT2D eigenvalue weighted by Gasteiger charge is 2.27. The molecule has 0 saturated carbocycles. The normalized spacial score (nSPS) is 29.3. The molecule has 17 heavy (non-hydrogen) atoms. The third kappa shape index (κ3) is 4.54. The first-order chi connectivity index (χ1) is 7.84. The molecule has 0 aromatic carbocycles. The van der Waals surface area contributed by atoms with Gasteiger partial charge in [-0.25, -0.2) is 0 Å². The van der Waals surface area contributed by atoms with E-state index in [2.05, 4.69) is 32.6 Å². The summed E-state index contributed by atoms with van der Waals surface area (Å²) in [4.78, 5) is 2.37. The Morgan fingerprint density at radius 1 is 1.47 bits per heavy atom. The van der Waals surface area contributed by atoms with Gasteiger partial charge in [0.1, 0.15) is 0 Å². The van der Waals surface area contributed by atoms with Crippen molar-refractivity contribution in [2.24, 2.45) is 11.1 Å². The molecular formula is C13H28N2O2. The molecule has 1 aliphatic heterocycles. The maximum atomic E-state index is 9.13. The lowest BCUT2D eigenvalue weighted by Gasteiger charge is -2.38. The highest BCUT2D eigenvalue weighted by Crippen LogP contribution is 2.21. The highest BCUT2D eigenvalue weighted by molar-refractivity contribution is 4.82. The van der Waals surface area contributed by atoms with Gasteiger partial charge in [-0.3, -0.25) is 4.90 Å². The van der Waals surface area contributed by atoms with Gasteiger partial charge in [0.2, 0.25) is 0 Å². The second-order valence-electron chi connectivity index (χ2n) is 6.24. The predicted molar refractivity (Wildman–Crippen MR) is 69.9 cm³/mol. The molecular weight excluding hydrogens is 216 g/mol. The quantitative estimate of drug-likeness (QED) is 0.769. The molecule has 102 valence electrons. The van der Waals surface area contributed by atoms with Crippen molar-refractivity contribution in [3.63, 3.8) is 0 Å². The van der Waals surface area contributed by atoms with Crippen LogP contribution in [0.5, 0.6) is 0 Å². The molecule has 1 saturated heterocycles. The van der Waals surface area contributed by atoms with Gasteiger partial charge in [0.15, 0.2) is 0 Å². The minimum atomic E-state index is -0.0305. The Morgan fingerprint density at radius 3 is 2.65 bits per heavy atom. The molecule has 4 nitrogen and oxygen atoms in total. The van der Waals surface area contributed by atoms with E-state index in [-0.39, 0.29) is 24.2 Å². The van der Waals surface area contributed by atoms with Crippen LogP contribution in [0.2, 0.25) is 0 Å².